The average Bonchev–Trinajstić information content (AvgIpc) is 3.22. The molecule has 4 N–H and O–H groups in total. The highest BCUT2D eigenvalue weighted by Gasteiger charge is 2.78. The van der Waals surface area contributed by atoms with Crippen molar-refractivity contribution in [3.05, 3.63) is 82.9 Å². The highest BCUT2D eigenvalue weighted by molar-refractivity contribution is 5.93. The summed E-state index contributed by atoms with van der Waals surface area (Å²) in [5.74, 6) is -6.84. The van der Waals surface area contributed by atoms with E-state index in [0.29, 0.717) is 11.1 Å². The van der Waals surface area contributed by atoms with Crippen LogP contribution in [0, 0.1) is 22.7 Å². The maximum atomic E-state index is 15.8. The Balaban J connectivity index is 1.55. The third-order valence-corrected chi connectivity index (χ3v) is 13.7. The number of nitrogens with one attached hydrogen (secondary N) is 1. The van der Waals surface area contributed by atoms with Gasteiger partial charge in [0, 0.05) is 37.5 Å². The van der Waals surface area contributed by atoms with Crippen molar-refractivity contribution in [1.29, 1.82) is 0 Å². The van der Waals surface area contributed by atoms with Crippen LogP contribution in [0.5, 0.6) is 0 Å². The summed E-state index contributed by atoms with van der Waals surface area (Å²) in [4.78, 5) is 83.7. The summed E-state index contributed by atoms with van der Waals surface area (Å²) in [7, 11) is 0. The lowest BCUT2D eigenvalue weighted by atomic mass is 9.43. The standard InChI is InChI=1S/C48H61NO15/c1-10-59-34(52)22-21-30-35-26(2)31(61-42(56)37(53)36(28-17-13-11-14-18-28)49-43(57)64-44(4,5)6)24-48(58,45(35,7)8)40(62-41(55)29-19-15-12-16-20-29)38-46(9,39(30)54)32(51)23-33-47(38,25-60-33)63-27(3)50/h11-20,30-33,36-38,40,51,53,58H,10,21-25H2,1-9H3,(H,49,57)/t30-,31+,32+,33?,36+,37-,38+,40+,46-,47+,48-/m1/s1. The number of fused-ring (bicyclic) bond motifs is 5. The highest BCUT2D eigenvalue weighted by Crippen LogP contribution is 2.65. The molecule has 2 aromatic carbocycles. The first-order chi connectivity index (χ1) is 29.9. The minimum Gasteiger partial charge on any atom is -0.466 e. The van der Waals surface area contributed by atoms with Crippen LogP contribution in [-0.4, -0.2) is 112 Å². The molecule has 16 heteroatoms. The Morgan fingerprint density at radius 3 is 2.16 bits per heavy atom. The van der Waals surface area contributed by atoms with Gasteiger partial charge in [-0.2, -0.15) is 0 Å². The summed E-state index contributed by atoms with van der Waals surface area (Å²) in [6, 6.07) is 14.7. The van der Waals surface area contributed by atoms with Crippen molar-refractivity contribution in [3.63, 3.8) is 0 Å². The lowest BCUT2D eigenvalue weighted by molar-refractivity contribution is -0.345. The van der Waals surface area contributed by atoms with Gasteiger partial charge >= 0.3 is 30.0 Å². The van der Waals surface area contributed by atoms with Gasteiger partial charge in [-0.25, -0.2) is 14.4 Å². The minimum absolute atomic E-state index is 0.0663. The molecule has 1 saturated heterocycles. The third kappa shape index (κ3) is 8.69. The SMILES string of the molecule is CCOC(=O)CC[C@H]1C(=O)[C@]2(C)[C@@H](O)CC3OC[C@@]3(OC(C)=O)[C@H]2[C@H](OC(=O)c2ccccc2)[C@]2(O)C[C@H](OC(=O)[C@H](O)[C@@H](NC(=O)OC(C)(C)C)c3ccccc3)C(C)=C1C2(C)C. The molecule has 1 heterocycles. The van der Waals surface area contributed by atoms with Crippen LogP contribution in [0.1, 0.15) is 110 Å². The van der Waals surface area contributed by atoms with Crippen molar-refractivity contribution in [2.75, 3.05) is 13.2 Å². The van der Waals surface area contributed by atoms with Crippen LogP contribution < -0.4 is 5.32 Å². The fourth-order valence-corrected chi connectivity index (χ4v) is 10.6. The normalized spacial score (nSPS) is 31.5. The number of carbonyl (C=O) groups is 6. The van der Waals surface area contributed by atoms with E-state index in [1.54, 1.807) is 97.0 Å². The van der Waals surface area contributed by atoms with Crippen LogP contribution in [0.4, 0.5) is 4.79 Å². The van der Waals surface area contributed by atoms with Crippen molar-refractivity contribution in [3.8, 4) is 0 Å². The molecule has 0 radical (unpaired) electrons. The zero-order chi connectivity index (χ0) is 47.2. The van der Waals surface area contributed by atoms with Crippen LogP contribution in [0.25, 0.3) is 0 Å². The molecule has 4 aliphatic rings. The monoisotopic (exact) mass is 891 g/mol. The van der Waals surface area contributed by atoms with Gasteiger partial charge in [-0.15, -0.1) is 0 Å². The molecule has 2 aromatic rings. The second-order valence-electron chi connectivity index (χ2n) is 19.1. The molecule has 348 valence electrons. The molecule has 0 spiro atoms. The predicted molar refractivity (Wildman–Crippen MR) is 227 cm³/mol. The minimum atomic E-state index is -2.32. The molecule has 6 rings (SSSR count). The Labute approximate surface area is 372 Å². The summed E-state index contributed by atoms with van der Waals surface area (Å²) in [6.45, 7) is 14.0. The Bertz CT molecular complexity index is 2150. The van der Waals surface area contributed by atoms with E-state index < -0.39 is 118 Å². The molecule has 0 aromatic heterocycles. The molecule has 3 aliphatic carbocycles. The van der Waals surface area contributed by atoms with Crippen LogP contribution in [0.3, 0.4) is 0 Å². The van der Waals surface area contributed by atoms with Gasteiger partial charge in [0.15, 0.2) is 11.7 Å². The lowest BCUT2D eigenvalue weighted by Crippen LogP contribution is -2.81. The van der Waals surface area contributed by atoms with Crippen molar-refractivity contribution in [2.24, 2.45) is 22.7 Å². The summed E-state index contributed by atoms with van der Waals surface area (Å²) in [6.07, 6.45) is -9.77. The lowest BCUT2D eigenvalue weighted by Gasteiger charge is -2.67. The molecular formula is C48H61NO15. The fraction of sp³-hybridized carbons (Fsp3) is 0.583. The number of ketones is 1. The largest absolute Gasteiger partial charge is 0.466 e. The number of carbonyl (C=O) groups excluding carboxylic acids is 6. The first kappa shape index (κ1) is 48.3. The average molecular weight is 892 g/mol. The van der Waals surface area contributed by atoms with Gasteiger partial charge in [0.05, 0.1) is 42.3 Å². The van der Waals surface area contributed by atoms with Crippen molar-refractivity contribution in [1.82, 2.24) is 5.32 Å². The summed E-state index contributed by atoms with van der Waals surface area (Å²) in [5.41, 5.74) is -7.49. The molecule has 1 aliphatic heterocycles. The number of amides is 1. The van der Waals surface area contributed by atoms with E-state index in [1.165, 1.54) is 26.0 Å². The van der Waals surface area contributed by atoms with E-state index >= 15 is 4.79 Å². The molecule has 16 nitrogen and oxygen atoms in total. The Hall–Kier alpha value is -5.16. The topological polar surface area (TPSA) is 231 Å². The number of aliphatic hydroxyl groups is 3. The molecule has 64 heavy (non-hydrogen) atoms. The van der Waals surface area contributed by atoms with Crippen molar-refractivity contribution < 1.29 is 72.5 Å². The summed E-state index contributed by atoms with van der Waals surface area (Å²) in [5, 5.41) is 40.4. The van der Waals surface area contributed by atoms with Gasteiger partial charge in [-0.05, 0) is 76.8 Å². The van der Waals surface area contributed by atoms with Gasteiger partial charge < -0.3 is 49.1 Å². The summed E-state index contributed by atoms with van der Waals surface area (Å²) >= 11 is 0. The van der Waals surface area contributed by atoms with Crippen LogP contribution in [0.2, 0.25) is 0 Å². The van der Waals surface area contributed by atoms with E-state index in [1.807, 2.05) is 0 Å². The quantitative estimate of drug-likeness (QED) is 0.127. The molecule has 1 unspecified atom stereocenters. The van der Waals surface area contributed by atoms with E-state index in [-0.39, 0.29) is 43.6 Å². The maximum absolute atomic E-state index is 15.8. The molecular weight excluding hydrogens is 831 g/mol. The Morgan fingerprint density at radius 2 is 1.59 bits per heavy atom. The first-order valence-electron chi connectivity index (χ1n) is 21.7. The smallest absolute Gasteiger partial charge is 0.408 e. The van der Waals surface area contributed by atoms with Crippen molar-refractivity contribution in [2.45, 2.75) is 141 Å². The summed E-state index contributed by atoms with van der Waals surface area (Å²) < 4.78 is 35.4. The second kappa shape index (κ2) is 18.0. The van der Waals surface area contributed by atoms with Gasteiger partial charge in [0.1, 0.15) is 35.3 Å². The first-order valence-corrected chi connectivity index (χ1v) is 21.7. The zero-order valence-corrected chi connectivity index (χ0v) is 37.9. The van der Waals surface area contributed by atoms with Gasteiger partial charge in [0.25, 0.3) is 0 Å². The molecule has 11 atom stereocenters. The third-order valence-electron chi connectivity index (χ3n) is 13.7. The number of esters is 4. The second-order valence-corrected chi connectivity index (χ2v) is 19.1. The van der Waals surface area contributed by atoms with E-state index in [4.69, 9.17) is 28.4 Å². The molecule has 2 saturated carbocycles. The number of rotatable bonds is 12. The van der Waals surface area contributed by atoms with Gasteiger partial charge in [0.2, 0.25) is 0 Å². The number of alkyl carbamates (subject to hydrolysis) is 1. The van der Waals surface area contributed by atoms with Crippen molar-refractivity contribution >= 4 is 35.8 Å². The van der Waals surface area contributed by atoms with Crippen LogP contribution in [0.15, 0.2) is 71.8 Å². The maximum Gasteiger partial charge on any atom is 0.408 e. The molecule has 2 bridgehead atoms. The Morgan fingerprint density at radius 1 is 0.969 bits per heavy atom. The van der Waals surface area contributed by atoms with Crippen LogP contribution in [-0.2, 0) is 47.6 Å². The van der Waals surface area contributed by atoms with E-state index in [9.17, 15) is 39.3 Å². The number of ether oxygens (including phenoxy) is 6. The number of Topliss-reactive ketones (excluding diaryl/α,β-unsaturated/α-hetero) is 1. The number of aliphatic hydroxyl groups excluding tert-OH is 2. The highest BCUT2D eigenvalue weighted by atomic mass is 16.6. The van der Waals surface area contributed by atoms with Gasteiger partial charge in [-0.3, -0.25) is 14.4 Å². The number of benzene rings is 2. The fourth-order valence-electron chi connectivity index (χ4n) is 10.6. The van der Waals surface area contributed by atoms with E-state index in [2.05, 4.69) is 5.32 Å². The van der Waals surface area contributed by atoms with E-state index in [0.717, 1.165) is 0 Å². The molecule has 1 amide bonds. The van der Waals surface area contributed by atoms with Crippen LogP contribution >= 0.6 is 0 Å². The predicted octanol–water partition coefficient (Wildman–Crippen LogP) is 4.86. The zero-order valence-electron chi connectivity index (χ0n) is 37.9. The number of hydrogen-bond donors (Lipinski definition) is 4. The molecule has 3 fully saturated rings. The number of hydrogen-bond acceptors (Lipinski definition) is 15. The van der Waals surface area contributed by atoms with Gasteiger partial charge in [-0.1, -0.05) is 62.4 Å². The Kier molecular flexibility index (Phi) is 13.6.